The van der Waals surface area contributed by atoms with Crippen molar-refractivity contribution in [1.29, 1.82) is 0 Å². The van der Waals surface area contributed by atoms with Crippen molar-refractivity contribution in [2.45, 2.75) is 45.3 Å². The first-order valence-corrected chi connectivity index (χ1v) is 7.53. The van der Waals surface area contributed by atoms with Crippen molar-refractivity contribution in [2.24, 2.45) is 0 Å². The second-order valence-corrected chi connectivity index (χ2v) is 6.77. The number of piperazine rings is 1. The lowest BCUT2D eigenvalue weighted by Gasteiger charge is -2.44. The van der Waals surface area contributed by atoms with Gasteiger partial charge in [-0.2, -0.15) is 0 Å². The predicted octanol–water partition coefficient (Wildman–Crippen LogP) is 3.41. The van der Waals surface area contributed by atoms with Crippen LogP contribution in [0, 0.1) is 0 Å². The zero-order chi connectivity index (χ0) is 13.2. The van der Waals surface area contributed by atoms with Crippen LogP contribution in [0.4, 0.5) is 0 Å². The molecule has 0 radical (unpaired) electrons. The van der Waals surface area contributed by atoms with E-state index in [0.29, 0.717) is 6.04 Å². The molecule has 0 aliphatic carbocycles. The van der Waals surface area contributed by atoms with E-state index in [1.807, 2.05) is 0 Å². The molecule has 1 saturated heterocycles. The minimum absolute atomic E-state index is 0.223. The van der Waals surface area contributed by atoms with Gasteiger partial charge >= 0.3 is 0 Å². The van der Waals surface area contributed by atoms with Gasteiger partial charge in [-0.15, -0.1) is 0 Å². The maximum Gasteiger partial charge on any atom is 0.0253 e. The molecule has 2 rings (SSSR count). The molecule has 0 saturated carbocycles. The van der Waals surface area contributed by atoms with Gasteiger partial charge in [-0.05, 0) is 38.0 Å². The van der Waals surface area contributed by atoms with Crippen molar-refractivity contribution in [3.8, 4) is 0 Å². The SMILES string of the molecule is CCC1CNC(C)(C)CN1Cc1ccc(Br)cc1. The second kappa shape index (κ2) is 5.72. The number of nitrogens with one attached hydrogen (secondary N) is 1. The molecule has 0 spiro atoms. The summed E-state index contributed by atoms with van der Waals surface area (Å²) in [4.78, 5) is 2.61. The lowest BCUT2D eigenvalue weighted by molar-refractivity contribution is 0.0858. The van der Waals surface area contributed by atoms with E-state index in [1.165, 1.54) is 12.0 Å². The van der Waals surface area contributed by atoms with Crippen molar-refractivity contribution in [2.75, 3.05) is 13.1 Å². The highest BCUT2D eigenvalue weighted by molar-refractivity contribution is 9.10. The van der Waals surface area contributed by atoms with Crippen LogP contribution in [0.1, 0.15) is 32.8 Å². The number of hydrogen-bond acceptors (Lipinski definition) is 2. The smallest absolute Gasteiger partial charge is 0.0253 e. The Kier molecular flexibility index (Phi) is 4.46. The van der Waals surface area contributed by atoms with Crippen molar-refractivity contribution < 1.29 is 0 Å². The number of hydrogen-bond donors (Lipinski definition) is 1. The molecule has 0 aromatic heterocycles. The third-order valence-corrected chi connectivity index (χ3v) is 4.23. The van der Waals surface area contributed by atoms with E-state index in [2.05, 4.69) is 71.2 Å². The fourth-order valence-corrected chi connectivity index (χ4v) is 2.89. The number of benzene rings is 1. The Labute approximate surface area is 119 Å². The fraction of sp³-hybridized carbons (Fsp3) is 0.600. The minimum Gasteiger partial charge on any atom is -0.309 e. The van der Waals surface area contributed by atoms with Crippen LogP contribution in [0.3, 0.4) is 0 Å². The summed E-state index contributed by atoms with van der Waals surface area (Å²) in [6, 6.07) is 9.34. The van der Waals surface area contributed by atoms with Crippen LogP contribution in [0.2, 0.25) is 0 Å². The molecule has 1 unspecified atom stereocenters. The summed E-state index contributed by atoms with van der Waals surface area (Å²) < 4.78 is 1.15. The van der Waals surface area contributed by atoms with E-state index < -0.39 is 0 Å². The summed E-state index contributed by atoms with van der Waals surface area (Å²) in [6.45, 7) is 10.1. The molecule has 0 bridgehead atoms. The van der Waals surface area contributed by atoms with Crippen molar-refractivity contribution >= 4 is 15.9 Å². The number of rotatable bonds is 3. The van der Waals surface area contributed by atoms with E-state index in [-0.39, 0.29) is 5.54 Å². The third-order valence-electron chi connectivity index (χ3n) is 3.70. The van der Waals surface area contributed by atoms with Gasteiger partial charge in [0.25, 0.3) is 0 Å². The Morgan fingerprint density at radius 1 is 1.33 bits per heavy atom. The Morgan fingerprint density at radius 3 is 2.61 bits per heavy atom. The van der Waals surface area contributed by atoms with Crippen molar-refractivity contribution in [3.05, 3.63) is 34.3 Å². The molecule has 2 nitrogen and oxygen atoms in total. The van der Waals surface area contributed by atoms with E-state index in [0.717, 1.165) is 24.1 Å². The lowest BCUT2D eigenvalue weighted by Crippen LogP contribution is -2.60. The molecule has 18 heavy (non-hydrogen) atoms. The largest absolute Gasteiger partial charge is 0.309 e. The van der Waals surface area contributed by atoms with Gasteiger partial charge in [0.05, 0.1) is 0 Å². The van der Waals surface area contributed by atoms with Crippen molar-refractivity contribution in [1.82, 2.24) is 10.2 Å². The molecular formula is C15H23BrN2. The van der Waals surface area contributed by atoms with Gasteiger partial charge in [-0.1, -0.05) is 35.0 Å². The third kappa shape index (κ3) is 3.56. The van der Waals surface area contributed by atoms with Gasteiger partial charge in [-0.25, -0.2) is 0 Å². The average molecular weight is 311 g/mol. The number of halogens is 1. The topological polar surface area (TPSA) is 15.3 Å². The molecule has 1 atom stereocenters. The highest BCUT2D eigenvalue weighted by atomic mass is 79.9. The van der Waals surface area contributed by atoms with Crippen molar-refractivity contribution in [3.63, 3.8) is 0 Å². The summed E-state index contributed by atoms with van der Waals surface area (Å²) in [6.07, 6.45) is 1.21. The summed E-state index contributed by atoms with van der Waals surface area (Å²) in [7, 11) is 0. The summed E-state index contributed by atoms with van der Waals surface area (Å²) in [5.41, 5.74) is 1.62. The average Bonchev–Trinajstić information content (AvgIpc) is 2.31. The first kappa shape index (κ1) is 14.0. The Morgan fingerprint density at radius 2 is 2.00 bits per heavy atom. The van der Waals surface area contributed by atoms with Crippen LogP contribution in [-0.4, -0.2) is 29.6 Å². The fourth-order valence-electron chi connectivity index (χ4n) is 2.63. The standard InChI is InChI=1S/C15H23BrN2/c1-4-14-9-17-15(2,3)11-18(14)10-12-5-7-13(16)8-6-12/h5-8,14,17H,4,9-11H2,1-3H3. The first-order valence-electron chi connectivity index (χ1n) is 6.74. The monoisotopic (exact) mass is 310 g/mol. The molecule has 100 valence electrons. The molecular weight excluding hydrogens is 288 g/mol. The summed E-state index contributed by atoms with van der Waals surface area (Å²) in [5, 5.41) is 3.64. The molecule has 1 aliphatic heterocycles. The predicted molar refractivity (Wildman–Crippen MR) is 80.7 cm³/mol. The van der Waals surface area contributed by atoms with Gasteiger partial charge < -0.3 is 5.32 Å². The van der Waals surface area contributed by atoms with Crippen LogP contribution >= 0.6 is 15.9 Å². The van der Waals surface area contributed by atoms with E-state index >= 15 is 0 Å². The van der Waals surface area contributed by atoms with Gasteiger partial charge in [-0.3, -0.25) is 4.90 Å². The summed E-state index contributed by atoms with van der Waals surface area (Å²) >= 11 is 3.49. The highest BCUT2D eigenvalue weighted by Gasteiger charge is 2.31. The zero-order valence-electron chi connectivity index (χ0n) is 11.5. The molecule has 1 aliphatic rings. The maximum absolute atomic E-state index is 3.64. The normalized spacial score (nSPS) is 24.1. The minimum atomic E-state index is 0.223. The maximum atomic E-state index is 3.64. The van der Waals surface area contributed by atoms with Crippen LogP contribution in [0.5, 0.6) is 0 Å². The number of nitrogens with zero attached hydrogens (tertiary/aromatic N) is 1. The summed E-state index contributed by atoms with van der Waals surface area (Å²) in [5.74, 6) is 0. The molecule has 1 fully saturated rings. The zero-order valence-corrected chi connectivity index (χ0v) is 13.1. The molecule has 1 aromatic carbocycles. The Hall–Kier alpha value is -0.380. The van der Waals surface area contributed by atoms with Crippen LogP contribution in [0.25, 0.3) is 0 Å². The highest BCUT2D eigenvalue weighted by Crippen LogP contribution is 2.20. The first-order chi connectivity index (χ1) is 8.50. The molecule has 3 heteroatoms. The quantitative estimate of drug-likeness (QED) is 0.920. The van der Waals surface area contributed by atoms with Gasteiger partial charge in [0.15, 0.2) is 0 Å². The lowest BCUT2D eigenvalue weighted by atomic mass is 9.97. The van der Waals surface area contributed by atoms with E-state index in [9.17, 15) is 0 Å². The van der Waals surface area contributed by atoms with Gasteiger partial charge in [0.1, 0.15) is 0 Å². The van der Waals surface area contributed by atoms with Crippen LogP contribution < -0.4 is 5.32 Å². The second-order valence-electron chi connectivity index (χ2n) is 5.86. The Balaban J connectivity index is 2.07. The molecule has 1 aromatic rings. The Bertz CT molecular complexity index is 386. The van der Waals surface area contributed by atoms with Gasteiger partial charge in [0, 0.05) is 35.7 Å². The molecule has 0 amide bonds. The van der Waals surface area contributed by atoms with E-state index in [1.54, 1.807) is 0 Å². The van der Waals surface area contributed by atoms with Crippen LogP contribution in [-0.2, 0) is 6.54 Å². The van der Waals surface area contributed by atoms with E-state index in [4.69, 9.17) is 0 Å². The van der Waals surface area contributed by atoms with Gasteiger partial charge in [0.2, 0.25) is 0 Å². The van der Waals surface area contributed by atoms with Crippen LogP contribution in [0.15, 0.2) is 28.7 Å². The molecule has 1 N–H and O–H groups in total. The molecule has 1 heterocycles.